The summed E-state index contributed by atoms with van der Waals surface area (Å²) in [5.41, 5.74) is 4.15. The third-order valence-corrected chi connectivity index (χ3v) is 2.21. The van der Waals surface area contributed by atoms with E-state index in [1.165, 1.54) is 16.7 Å². The Morgan fingerprint density at radius 3 is 1.69 bits per heavy atom. The molecule has 0 radical (unpaired) electrons. The van der Waals surface area contributed by atoms with E-state index < -0.39 is 0 Å². The van der Waals surface area contributed by atoms with Crippen LogP contribution >= 0.6 is 0 Å². The zero-order valence-electron chi connectivity index (χ0n) is 8.58. The first kappa shape index (κ1) is 13.0. The van der Waals surface area contributed by atoms with E-state index in [0.29, 0.717) is 0 Å². The molecule has 0 aliphatic rings. The van der Waals surface area contributed by atoms with Crippen LogP contribution in [0.1, 0.15) is 37.5 Å². The van der Waals surface area contributed by atoms with Crippen molar-refractivity contribution in [3.63, 3.8) is 0 Å². The summed E-state index contributed by atoms with van der Waals surface area (Å²) < 4.78 is 0. The van der Waals surface area contributed by atoms with Gasteiger partial charge in [-0.05, 0) is 0 Å². The minimum Gasteiger partial charge on any atom is -0.177 e. The van der Waals surface area contributed by atoms with E-state index >= 15 is 0 Å². The van der Waals surface area contributed by atoms with Crippen molar-refractivity contribution < 1.29 is 22.4 Å². The van der Waals surface area contributed by atoms with Crippen LogP contribution in [0.15, 0.2) is 12.1 Å². The second-order valence-corrected chi connectivity index (χ2v) is 3.10. The van der Waals surface area contributed by atoms with E-state index in [0.717, 1.165) is 19.3 Å². The maximum Gasteiger partial charge on any atom is 1.00 e. The Labute approximate surface area is 97.3 Å². The molecule has 0 nitrogen and oxygen atoms in total. The maximum atomic E-state index is 3.42. The second-order valence-electron chi connectivity index (χ2n) is 3.10. The van der Waals surface area contributed by atoms with Crippen molar-refractivity contribution in [1.82, 2.24) is 0 Å². The first-order valence-corrected chi connectivity index (χ1v) is 4.84. The van der Waals surface area contributed by atoms with Crippen molar-refractivity contribution in [3.05, 3.63) is 34.9 Å². The maximum absolute atomic E-state index is 3.42. The van der Waals surface area contributed by atoms with Crippen LogP contribution in [0.5, 0.6) is 0 Å². The largest absolute Gasteiger partial charge is 1.00 e. The molecule has 0 unspecified atom stereocenters. The summed E-state index contributed by atoms with van der Waals surface area (Å²) in [6, 6.07) is 7.94. The van der Waals surface area contributed by atoms with E-state index in [1.54, 1.807) is 0 Å². The molecule has 1 aromatic carbocycles. The van der Waals surface area contributed by atoms with Gasteiger partial charge in [0.05, 0.1) is 0 Å². The molecular formula is C12H17Ag. The van der Waals surface area contributed by atoms with E-state index in [-0.39, 0.29) is 22.4 Å². The zero-order chi connectivity index (χ0) is 8.97. The Morgan fingerprint density at radius 1 is 0.923 bits per heavy atom. The normalized spacial score (nSPS) is 9.46. The van der Waals surface area contributed by atoms with Gasteiger partial charge in [0.25, 0.3) is 0 Å². The minimum atomic E-state index is 0. The molecule has 13 heavy (non-hydrogen) atoms. The van der Waals surface area contributed by atoms with Crippen molar-refractivity contribution >= 4 is 0 Å². The zero-order valence-corrected chi connectivity index (χ0v) is 10.1. The van der Waals surface area contributed by atoms with Gasteiger partial charge in [0, 0.05) is 0 Å². The molecule has 0 bridgehead atoms. The third-order valence-electron chi connectivity index (χ3n) is 2.21. The van der Waals surface area contributed by atoms with Crippen LogP contribution in [0, 0.1) is 6.07 Å². The summed E-state index contributed by atoms with van der Waals surface area (Å²) >= 11 is 0. The van der Waals surface area contributed by atoms with Gasteiger partial charge in [0.1, 0.15) is 0 Å². The van der Waals surface area contributed by atoms with Gasteiger partial charge in [-0.1, -0.05) is 40.0 Å². The third kappa shape index (κ3) is 3.68. The Balaban J connectivity index is 0.00000144. The quantitative estimate of drug-likeness (QED) is 0.584. The minimum absolute atomic E-state index is 0. The number of benzene rings is 1. The molecule has 76 valence electrons. The van der Waals surface area contributed by atoms with E-state index in [9.17, 15) is 0 Å². The summed E-state index contributed by atoms with van der Waals surface area (Å²) in [7, 11) is 0. The predicted molar refractivity (Wildman–Crippen MR) is 53.4 cm³/mol. The molecule has 0 saturated heterocycles. The van der Waals surface area contributed by atoms with Crippen LogP contribution in [0.3, 0.4) is 0 Å². The van der Waals surface area contributed by atoms with Gasteiger partial charge in [0.15, 0.2) is 0 Å². The van der Waals surface area contributed by atoms with Crippen LogP contribution in [0.25, 0.3) is 0 Å². The van der Waals surface area contributed by atoms with Gasteiger partial charge in [0.2, 0.25) is 0 Å². The average Bonchev–Trinajstić information content (AvgIpc) is 2.16. The Bertz CT molecular complexity index is 198. The van der Waals surface area contributed by atoms with Crippen molar-refractivity contribution in [2.24, 2.45) is 0 Å². The Morgan fingerprint density at radius 2 is 1.38 bits per heavy atom. The van der Waals surface area contributed by atoms with Gasteiger partial charge in [-0.15, -0.1) is 0 Å². The molecule has 1 rings (SSSR count). The monoisotopic (exact) mass is 268 g/mol. The fraction of sp³-hybridized carbons (Fsp3) is 0.500. The molecule has 0 spiro atoms. The molecule has 0 amide bonds. The number of rotatable bonds is 3. The number of hydrogen-bond acceptors (Lipinski definition) is 0. The fourth-order valence-electron chi connectivity index (χ4n) is 1.35. The Kier molecular flexibility index (Phi) is 6.40. The molecule has 0 N–H and O–H groups in total. The van der Waals surface area contributed by atoms with Crippen molar-refractivity contribution in [1.29, 1.82) is 0 Å². The van der Waals surface area contributed by atoms with Crippen molar-refractivity contribution in [2.75, 3.05) is 0 Å². The summed E-state index contributed by atoms with van der Waals surface area (Å²) in [5.74, 6) is 0. The molecule has 0 aromatic heterocycles. The summed E-state index contributed by atoms with van der Waals surface area (Å²) in [6.45, 7) is 6.57. The first-order chi connectivity index (χ1) is 5.80. The standard InChI is InChI=1S/C12H17.Ag/c1-4-10-7-11(5-2)9-12(6-3)8-10;/h7-8H,4-6H2,1-3H3;/q-1;+1. The first-order valence-electron chi connectivity index (χ1n) is 4.84. The van der Waals surface area contributed by atoms with E-state index in [4.69, 9.17) is 0 Å². The van der Waals surface area contributed by atoms with E-state index in [2.05, 4.69) is 39.0 Å². The molecule has 0 heterocycles. The molecule has 0 aliphatic heterocycles. The van der Waals surface area contributed by atoms with Crippen LogP contribution < -0.4 is 0 Å². The van der Waals surface area contributed by atoms with Gasteiger partial charge in [-0.25, -0.2) is 0 Å². The fourth-order valence-corrected chi connectivity index (χ4v) is 1.35. The summed E-state index contributed by atoms with van der Waals surface area (Å²) in [5, 5.41) is 0. The van der Waals surface area contributed by atoms with Gasteiger partial charge in [-0.3, -0.25) is 0 Å². The average molecular weight is 269 g/mol. The summed E-state index contributed by atoms with van der Waals surface area (Å²) in [6.07, 6.45) is 3.33. The molecule has 1 heteroatoms. The SMILES string of the molecule is CCc1[c-]c(CC)cc(CC)c1.[Ag+]. The molecule has 0 saturated carbocycles. The van der Waals surface area contributed by atoms with Crippen molar-refractivity contribution in [2.45, 2.75) is 40.0 Å². The van der Waals surface area contributed by atoms with Crippen LogP contribution in [-0.4, -0.2) is 0 Å². The Hall–Kier alpha value is -0.0397. The van der Waals surface area contributed by atoms with E-state index in [1.807, 2.05) is 0 Å². The second kappa shape index (κ2) is 6.42. The molecule has 0 atom stereocenters. The van der Waals surface area contributed by atoms with Gasteiger partial charge < -0.3 is 0 Å². The smallest absolute Gasteiger partial charge is 0.177 e. The van der Waals surface area contributed by atoms with Crippen LogP contribution in [0.4, 0.5) is 0 Å². The van der Waals surface area contributed by atoms with Crippen LogP contribution in [-0.2, 0) is 41.6 Å². The number of hydrogen-bond donors (Lipinski definition) is 0. The van der Waals surface area contributed by atoms with Gasteiger partial charge in [-0.2, -0.15) is 34.9 Å². The van der Waals surface area contributed by atoms with Crippen LogP contribution in [0.2, 0.25) is 0 Å². The summed E-state index contributed by atoms with van der Waals surface area (Å²) in [4.78, 5) is 0. The topological polar surface area (TPSA) is 0 Å². The molecule has 0 fully saturated rings. The predicted octanol–water partition coefficient (Wildman–Crippen LogP) is 3.17. The molecule has 0 aliphatic carbocycles. The number of aryl methyl sites for hydroxylation is 3. The molecule has 1 aromatic rings. The van der Waals surface area contributed by atoms with Crippen molar-refractivity contribution in [3.8, 4) is 0 Å². The van der Waals surface area contributed by atoms with Gasteiger partial charge >= 0.3 is 22.4 Å². The molecular weight excluding hydrogens is 252 g/mol.